The van der Waals surface area contributed by atoms with E-state index < -0.39 is 11.8 Å². The van der Waals surface area contributed by atoms with E-state index in [1.54, 1.807) is 18.2 Å². The van der Waals surface area contributed by atoms with Crippen LogP contribution in [0, 0.1) is 0 Å². The molecule has 29 heavy (non-hydrogen) atoms. The summed E-state index contributed by atoms with van der Waals surface area (Å²) in [6, 6.07) is 11.1. The van der Waals surface area contributed by atoms with Crippen LogP contribution in [0.4, 0.5) is 0 Å². The standard InChI is InChI=1S/C20H21Br3N2O4/c1-3-12(2)13-4-6-17(15(22)8-13)28-10-19(26)24-25-20(27)11-29-18-7-5-14(21)9-16(18)23/h4-9,12H,3,10-11H2,1-2H3,(H,24,26)(H,25,27). The van der Waals surface area contributed by atoms with Crippen LogP contribution in [-0.2, 0) is 9.59 Å². The van der Waals surface area contributed by atoms with Crippen molar-refractivity contribution in [3.63, 3.8) is 0 Å². The van der Waals surface area contributed by atoms with Gasteiger partial charge in [-0.3, -0.25) is 20.4 Å². The first-order valence-corrected chi connectivity index (χ1v) is 11.3. The van der Waals surface area contributed by atoms with E-state index in [1.807, 2.05) is 18.2 Å². The fourth-order valence-electron chi connectivity index (χ4n) is 2.27. The van der Waals surface area contributed by atoms with Gasteiger partial charge in [-0.2, -0.15) is 0 Å². The van der Waals surface area contributed by atoms with Crippen molar-refractivity contribution in [1.29, 1.82) is 0 Å². The van der Waals surface area contributed by atoms with Gasteiger partial charge in [-0.25, -0.2) is 0 Å². The molecule has 156 valence electrons. The van der Waals surface area contributed by atoms with Gasteiger partial charge in [-0.05, 0) is 80.1 Å². The predicted molar refractivity (Wildman–Crippen MR) is 122 cm³/mol. The first-order valence-electron chi connectivity index (χ1n) is 8.88. The van der Waals surface area contributed by atoms with Crippen LogP contribution in [0.3, 0.4) is 0 Å². The number of rotatable bonds is 8. The Balaban J connectivity index is 1.74. The topological polar surface area (TPSA) is 76.7 Å². The number of nitrogens with one attached hydrogen (secondary N) is 2. The zero-order valence-electron chi connectivity index (χ0n) is 15.9. The lowest BCUT2D eigenvalue weighted by atomic mass is 9.99. The fourth-order valence-corrected chi connectivity index (χ4v) is 3.94. The van der Waals surface area contributed by atoms with Crippen LogP contribution >= 0.6 is 47.8 Å². The van der Waals surface area contributed by atoms with Gasteiger partial charge in [-0.15, -0.1) is 0 Å². The Morgan fingerprint density at radius 3 is 1.90 bits per heavy atom. The second kappa shape index (κ2) is 11.6. The molecule has 2 rings (SSSR count). The van der Waals surface area contributed by atoms with Crippen molar-refractivity contribution >= 4 is 59.6 Å². The number of carbonyl (C=O) groups is 2. The minimum absolute atomic E-state index is 0.235. The quantitative estimate of drug-likeness (QED) is 0.419. The molecule has 0 spiro atoms. The highest BCUT2D eigenvalue weighted by Crippen LogP contribution is 2.30. The Bertz CT molecular complexity index is 877. The van der Waals surface area contributed by atoms with Crippen molar-refractivity contribution in [2.45, 2.75) is 26.2 Å². The van der Waals surface area contributed by atoms with E-state index >= 15 is 0 Å². The van der Waals surface area contributed by atoms with Gasteiger partial charge in [-0.1, -0.05) is 35.8 Å². The van der Waals surface area contributed by atoms with Crippen LogP contribution in [-0.4, -0.2) is 25.0 Å². The summed E-state index contributed by atoms with van der Waals surface area (Å²) in [5.41, 5.74) is 5.77. The van der Waals surface area contributed by atoms with Crippen molar-refractivity contribution < 1.29 is 19.1 Å². The lowest BCUT2D eigenvalue weighted by Gasteiger charge is -2.13. The van der Waals surface area contributed by atoms with E-state index in [0.717, 1.165) is 15.4 Å². The number of carbonyl (C=O) groups excluding carboxylic acids is 2. The van der Waals surface area contributed by atoms with Gasteiger partial charge in [0.25, 0.3) is 11.8 Å². The third-order valence-electron chi connectivity index (χ3n) is 4.09. The van der Waals surface area contributed by atoms with Crippen molar-refractivity contribution in [2.24, 2.45) is 0 Å². The molecule has 2 aromatic carbocycles. The van der Waals surface area contributed by atoms with Crippen molar-refractivity contribution in [1.82, 2.24) is 10.9 Å². The lowest BCUT2D eigenvalue weighted by molar-refractivity contribution is -0.131. The Labute approximate surface area is 195 Å². The molecular weight excluding hydrogens is 572 g/mol. The average molecular weight is 593 g/mol. The Hall–Kier alpha value is -1.58. The number of halogens is 3. The second-order valence-electron chi connectivity index (χ2n) is 6.25. The van der Waals surface area contributed by atoms with Gasteiger partial charge in [0.05, 0.1) is 8.95 Å². The van der Waals surface area contributed by atoms with Gasteiger partial charge in [0.15, 0.2) is 13.2 Å². The number of benzene rings is 2. The minimum Gasteiger partial charge on any atom is -0.483 e. The maximum Gasteiger partial charge on any atom is 0.276 e. The molecule has 1 unspecified atom stereocenters. The van der Waals surface area contributed by atoms with Gasteiger partial charge >= 0.3 is 0 Å². The largest absolute Gasteiger partial charge is 0.483 e. The van der Waals surface area contributed by atoms with Crippen LogP contribution in [0.5, 0.6) is 11.5 Å². The summed E-state index contributed by atoms with van der Waals surface area (Å²) in [4.78, 5) is 23.7. The van der Waals surface area contributed by atoms with Gasteiger partial charge in [0.1, 0.15) is 11.5 Å². The zero-order valence-corrected chi connectivity index (χ0v) is 20.7. The summed E-state index contributed by atoms with van der Waals surface area (Å²) in [6.07, 6.45) is 1.04. The summed E-state index contributed by atoms with van der Waals surface area (Å²) in [5.74, 6) is 0.540. The third-order valence-corrected chi connectivity index (χ3v) is 5.82. The summed E-state index contributed by atoms with van der Waals surface area (Å²) in [6.45, 7) is 3.80. The van der Waals surface area contributed by atoms with Crippen LogP contribution in [0.2, 0.25) is 0 Å². The third kappa shape index (κ3) is 7.64. The molecular formula is C20H21Br3N2O4. The van der Waals surface area contributed by atoms with E-state index in [2.05, 4.69) is 72.5 Å². The number of hydrogen-bond donors (Lipinski definition) is 2. The van der Waals surface area contributed by atoms with Crippen molar-refractivity contribution in [2.75, 3.05) is 13.2 Å². The molecule has 2 N–H and O–H groups in total. The molecule has 0 radical (unpaired) electrons. The molecule has 2 aromatic rings. The van der Waals surface area contributed by atoms with Gasteiger partial charge < -0.3 is 9.47 Å². The van der Waals surface area contributed by atoms with Crippen LogP contribution in [0.15, 0.2) is 49.8 Å². The molecule has 0 heterocycles. The van der Waals surface area contributed by atoms with E-state index in [1.165, 1.54) is 5.56 Å². The van der Waals surface area contributed by atoms with E-state index in [-0.39, 0.29) is 13.2 Å². The van der Waals surface area contributed by atoms with Gasteiger partial charge in [0.2, 0.25) is 0 Å². The van der Waals surface area contributed by atoms with Gasteiger partial charge in [0, 0.05) is 4.47 Å². The van der Waals surface area contributed by atoms with Crippen molar-refractivity contribution in [3.8, 4) is 11.5 Å². The summed E-state index contributed by atoms with van der Waals surface area (Å²) in [7, 11) is 0. The highest BCUT2D eigenvalue weighted by molar-refractivity contribution is 9.11. The van der Waals surface area contributed by atoms with Crippen LogP contribution in [0.1, 0.15) is 31.7 Å². The normalized spacial score (nSPS) is 11.5. The number of ether oxygens (including phenoxy) is 2. The molecule has 0 fully saturated rings. The maximum absolute atomic E-state index is 11.9. The number of amides is 2. The molecule has 9 heteroatoms. The number of hydrogen-bond acceptors (Lipinski definition) is 4. The molecule has 0 saturated carbocycles. The Morgan fingerprint density at radius 2 is 1.41 bits per heavy atom. The highest BCUT2D eigenvalue weighted by atomic mass is 79.9. The molecule has 0 aromatic heterocycles. The number of hydrazine groups is 1. The maximum atomic E-state index is 11.9. The Morgan fingerprint density at radius 1 is 0.897 bits per heavy atom. The molecule has 0 aliphatic rings. The minimum atomic E-state index is -0.493. The first kappa shape index (κ1) is 23.7. The highest BCUT2D eigenvalue weighted by Gasteiger charge is 2.11. The zero-order chi connectivity index (χ0) is 21.4. The monoisotopic (exact) mass is 590 g/mol. The van der Waals surface area contributed by atoms with Crippen LogP contribution in [0.25, 0.3) is 0 Å². The van der Waals surface area contributed by atoms with Crippen molar-refractivity contribution in [3.05, 3.63) is 55.4 Å². The molecule has 0 aliphatic heterocycles. The smallest absolute Gasteiger partial charge is 0.276 e. The second-order valence-corrected chi connectivity index (χ2v) is 8.87. The van der Waals surface area contributed by atoms with E-state index in [0.29, 0.717) is 21.9 Å². The first-order chi connectivity index (χ1) is 13.8. The SMILES string of the molecule is CCC(C)c1ccc(OCC(=O)NNC(=O)COc2ccc(Br)cc2Br)c(Br)c1. The lowest BCUT2D eigenvalue weighted by Crippen LogP contribution is -2.45. The molecule has 0 aliphatic carbocycles. The van der Waals surface area contributed by atoms with Crippen LogP contribution < -0.4 is 20.3 Å². The summed E-state index contributed by atoms with van der Waals surface area (Å²) >= 11 is 10.1. The predicted octanol–water partition coefficient (Wildman–Crippen LogP) is 5.09. The molecule has 0 bridgehead atoms. The molecule has 0 saturated heterocycles. The molecule has 2 amide bonds. The van der Waals surface area contributed by atoms with E-state index in [9.17, 15) is 9.59 Å². The fraction of sp³-hybridized carbons (Fsp3) is 0.300. The Kier molecular flexibility index (Phi) is 9.45. The molecule has 1 atom stereocenters. The average Bonchev–Trinajstić information content (AvgIpc) is 2.70. The summed E-state index contributed by atoms with van der Waals surface area (Å²) in [5, 5.41) is 0. The molecule has 6 nitrogen and oxygen atoms in total. The van der Waals surface area contributed by atoms with E-state index in [4.69, 9.17) is 9.47 Å². The summed E-state index contributed by atoms with van der Waals surface area (Å²) < 4.78 is 13.3.